The highest BCUT2D eigenvalue weighted by atomic mass is 16.2. The molecule has 42 heavy (non-hydrogen) atoms. The van der Waals surface area contributed by atoms with E-state index in [-0.39, 0.29) is 11.7 Å². The molecule has 0 saturated carbocycles. The van der Waals surface area contributed by atoms with Crippen molar-refractivity contribution in [2.75, 3.05) is 64.8 Å². The fourth-order valence-electron chi connectivity index (χ4n) is 6.84. The standard InChI is InChI=1S/C36H46N4O2/c1-28(41)29-14-17-33(18-15-29)39-22-24-40(25-23-39)36(42)19-16-32-26-38(21-20-35(32)37(2)3)27-34(30-10-6-4-7-11-30)31-12-8-5-9-13-31/h4-15,17-18,32,34-35H,16,19-27H2,1-3H3/t32-,35+/m0/s1. The molecular weight excluding hydrogens is 520 g/mol. The van der Waals surface area contributed by atoms with Crippen LogP contribution in [0.1, 0.15) is 53.6 Å². The summed E-state index contributed by atoms with van der Waals surface area (Å²) < 4.78 is 0. The third kappa shape index (κ3) is 7.47. The van der Waals surface area contributed by atoms with Crippen molar-refractivity contribution in [1.29, 1.82) is 0 Å². The Morgan fingerprint density at radius 2 is 1.40 bits per heavy atom. The Labute approximate surface area is 251 Å². The molecule has 5 rings (SSSR count). The minimum absolute atomic E-state index is 0.0850. The first-order valence-corrected chi connectivity index (χ1v) is 15.5. The van der Waals surface area contributed by atoms with Gasteiger partial charge in [-0.25, -0.2) is 0 Å². The summed E-state index contributed by atoms with van der Waals surface area (Å²) in [5.74, 6) is 1.16. The van der Waals surface area contributed by atoms with Gasteiger partial charge in [0.25, 0.3) is 0 Å². The van der Waals surface area contributed by atoms with Crippen LogP contribution in [0.25, 0.3) is 0 Å². The molecule has 2 atom stereocenters. The van der Waals surface area contributed by atoms with Gasteiger partial charge in [-0.05, 0) is 81.7 Å². The molecule has 3 aromatic carbocycles. The number of benzene rings is 3. The van der Waals surface area contributed by atoms with E-state index < -0.39 is 0 Å². The second kappa shape index (κ2) is 14.1. The Balaban J connectivity index is 1.17. The van der Waals surface area contributed by atoms with Gasteiger partial charge in [0.05, 0.1) is 0 Å². The number of rotatable bonds is 10. The zero-order chi connectivity index (χ0) is 29.5. The first-order chi connectivity index (χ1) is 20.4. The number of ketones is 1. The van der Waals surface area contributed by atoms with Gasteiger partial charge >= 0.3 is 0 Å². The lowest BCUT2D eigenvalue weighted by atomic mass is 9.85. The molecule has 0 radical (unpaired) electrons. The summed E-state index contributed by atoms with van der Waals surface area (Å²) in [7, 11) is 4.38. The van der Waals surface area contributed by atoms with Crippen molar-refractivity contribution >= 4 is 17.4 Å². The van der Waals surface area contributed by atoms with Crippen LogP contribution in [0.2, 0.25) is 0 Å². The molecule has 2 aliphatic rings. The van der Waals surface area contributed by atoms with Crippen molar-refractivity contribution in [2.45, 2.75) is 38.1 Å². The Morgan fingerprint density at radius 1 is 0.810 bits per heavy atom. The first kappa shape index (κ1) is 30.0. The fourth-order valence-corrected chi connectivity index (χ4v) is 6.84. The van der Waals surface area contributed by atoms with Crippen LogP contribution >= 0.6 is 0 Å². The van der Waals surface area contributed by atoms with E-state index in [0.717, 1.165) is 69.9 Å². The van der Waals surface area contributed by atoms with Crippen molar-refractivity contribution in [3.8, 4) is 0 Å². The van der Waals surface area contributed by atoms with Crippen molar-refractivity contribution in [2.24, 2.45) is 5.92 Å². The molecule has 0 spiro atoms. The van der Waals surface area contributed by atoms with E-state index >= 15 is 0 Å². The maximum absolute atomic E-state index is 13.4. The number of nitrogens with zero attached hydrogens (tertiary/aromatic N) is 4. The summed E-state index contributed by atoms with van der Waals surface area (Å²) in [5, 5.41) is 0. The molecule has 6 nitrogen and oxygen atoms in total. The number of carbonyl (C=O) groups is 2. The number of hydrogen-bond acceptors (Lipinski definition) is 5. The lowest BCUT2D eigenvalue weighted by Crippen LogP contribution is -2.51. The van der Waals surface area contributed by atoms with Gasteiger partial charge in [0.1, 0.15) is 0 Å². The smallest absolute Gasteiger partial charge is 0.222 e. The Kier molecular flexibility index (Phi) is 10.1. The molecule has 0 aromatic heterocycles. The molecule has 2 heterocycles. The zero-order valence-corrected chi connectivity index (χ0v) is 25.5. The van der Waals surface area contributed by atoms with Gasteiger partial charge in [0, 0.05) is 68.9 Å². The predicted octanol–water partition coefficient (Wildman–Crippen LogP) is 5.40. The van der Waals surface area contributed by atoms with E-state index in [4.69, 9.17) is 0 Å². The van der Waals surface area contributed by atoms with Crippen molar-refractivity contribution in [3.63, 3.8) is 0 Å². The highest BCUT2D eigenvalue weighted by Crippen LogP contribution is 2.30. The Hall–Kier alpha value is -3.48. The molecule has 3 aromatic rings. The second-order valence-electron chi connectivity index (χ2n) is 12.2. The third-order valence-corrected chi connectivity index (χ3v) is 9.29. The Morgan fingerprint density at radius 3 is 1.95 bits per heavy atom. The van der Waals surface area contributed by atoms with Crippen LogP contribution in [-0.2, 0) is 4.79 Å². The molecule has 1 amide bonds. The predicted molar refractivity (Wildman–Crippen MR) is 171 cm³/mol. The quantitative estimate of drug-likeness (QED) is 0.308. The van der Waals surface area contributed by atoms with Gasteiger partial charge in [-0.2, -0.15) is 0 Å². The number of amides is 1. The zero-order valence-electron chi connectivity index (χ0n) is 25.5. The van der Waals surface area contributed by atoms with Crippen LogP contribution in [0.5, 0.6) is 0 Å². The molecule has 0 N–H and O–H groups in total. The summed E-state index contributed by atoms with van der Waals surface area (Å²) in [6, 6.07) is 30.1. The minimum Gasteiger partial charge on any atom is -0.368 e. The summed E-state index contributed by atoms with van der Waals surface area (Å²) in [6.07, 6.45) is 2.66. The van der Waals surface area contributed by atoms with Crippen LogP contribution in [-0.4, -0.2) is 92.3 Å². The molecule has 2 saturated heterocycles. The largest absolute Gasteiger partial charge is 0.368 e. The Bertz CT molecular complexity index is 1250. The van der Waals surface area contributed by atoms with E-state index in [2.05, 4.69) is 89.5 Å². The van der Waals surface area contributed by atoms with E-state index in [1.165, 1.54) is 11.1 Å². The first-order valence-electron chi connectivity index (χ1n) is 15.5. The van der Waals surface area contributed by atoms with Crippen LogP contribution in [0.4, 0.5) is 5.69 Å². The molecule has 0 unspecified atom stereocenters. The summed E-state index contributed by atoms with van der Waals surface area (Å²) >= 11 is 0. The molecule has 0 bridgehead atoms. The van der Waals surface area contributed by atoms with Gasteiger partial charge in [0.2, 0.25) is 5.91 Å². The van der Waals surface area contributed by atoms with E-state index in [1.54, 1.807) is 6.92 Å². The second-order valence-corrected chi connectivity index (χ2v) is 12.2. The van der Waals surface area contributed by atoms with E-state index in [9.17, 15) is 9.59 Å². The number of hydrogen-bond donors (Lipinski definition) is 0. The lowest BCUT2D eigenvalue weighted by molar-refractivity contribution is -0.132. The average molecular weight is 567 g/mol. The van der Waals surface area contributed by atoms with Crippen LogP contribution < -0.4 is 4.90 Å². The normalized spacial score (nSPS) is 19.8. The molecule has 6 heteroatoms. The van der Waals surface area contributed by atoms with Crippen molar-refractivity contribution < 1.29 is 9.59 Å². The maximum atomic E-state index is 13.4. The number of carbonyl (C=O) groups excluding carboxylic acids is 2. The fraction of sp³-hybridized carbons (Fsp3) is 0.444. The van der Waals surface area contributed by atoms with E-state index in [0.29, 0.717) is 24.3 Å². The molecule has 2 aliphatic heterocycles. The summed E-state index contributed by atoms with van der Waals surface area (Å²) in [4.78, 5) is 34.3. The van der Waals surface area contributed by atoms with Gasteiger partial charge in [0.15, 0.2) is 5.78 Å². The number of piperazine rings is 1. The van der Waals surface area contributed by atoms with Crippen LogP contribution in [0.3, 0.4) is 0 Å². The SMILES string of the molecule is CC(=O)c1ccc(N2CCN(C(=O)CC[C@H]3CN(CC(c4ccccc4)c4ccccc4)CC[C@H]3N(C)C)CC2)cc1. The maximum Gasteiger partial charge on any atom is 0.222 e. The highest BCUT2D eigenvalue weighted by Gasteiger charge is 2.33. The van der Waals surface area contributed by atoms with Gasteiger partial charge in [-0.1, -0.05) is 60.7 Å². The molecule has 222 valence electrons. The summed E-state index contributed by atoms with van der Waals surface area (Å²) in [5.41, 5.74) is 4.58. The van der Waals surface area contributed by atoms with Gasteiger partial charge in [-0.15, -0.1) is 0 Å². The lowest BCUT2D eigenvalue weighted by Gasteiger charge is -2.43. The monoisotopic (exact) mass is 566 g/mol. The molecular formula is C36H46N4O2. The minimum atomic E-state index is 0.0850. The number of Topliss-reactive ketones (excluding diaryl/α,β-unsaturated/α-hetero) is 1. The van der Waals surface area contributed by atoms with Crippen molar-refractivity contribution in [3.05, 3.63) is 102 Å². The third-order valence-electron chi connectivity index (χ3n) is 9.29. The number of piperidine rings is 1. The molecule has 2 fully saturated rings. The van der Waals surface area contributed by atoms with E-state index in [1.807, 2.05) is 29.2 Å². The summed E-state index contributed by atoms with van der Waals surface area (Å²) in [6.45, 7) is 7.83. The number of anilines is 1. The highest BCUT2D eigenvalue weighted by molar-refractivity contribution is 5.94. The number of likely N-dealkylation sites (tertiary alicyclic amines) is 1. The molecule has 0 aliphatic carbocycles. The topological polar surface area (TPSA) is 47.1 Å². The van der Waals surface area contributed by atoms with Gasteiger partial charge < -0.3 is 19.6 Å². The van der Waals surface area contributed by atoms with Crippen LogP contribution in [0.15, 0.2) is 84.9 Å². The van der Waals surface area contributed by atoms with Gasteiger partial charge in [-0.3, -0.25) is 9.59 Å². The van der Waals surface area contributed by atoms with Crippen LogP contribution in [0, 0.1) is 5.92 Å². The average Bonchev–Trinajstić information content (AvgIpc) is 3.03. The van der Waals surface area contributed by atoms with Crippen molar-refractivity contribution in [1.82, 2.24) is 14.7 Å².